The van der Waals surface area contributed by atoms with Crippen molar-refractivity contribution in [1.82, 2.24) is 9.29 Å². The van der Waals surface area contributed by atoms with Crippen LogP contribution in [-0.2, 0) is 16.6 Å². The summed E-state index contributed by atoms with van der Waals surface area (Å²) < 4.78 is 33.4. The van der Waals surface area contributed by atoms with Gasteiger partial charge in [-0.05, 0) is 67.3 Å². The lowest BCUT2D eigenvalue weighted by Crippen LogP contribution is -2.28. The topological polar surface area (TPSA) is 83.6 Å². The van der Waals surface area contributed by atoms with Crippen LogP contribution in [0, 0.1) is 6.92 Å². The zero-order valence-electron chi connectivity index (χ0n) is 17.6. The molecule has 158 valence electrons. The summed E-state index contributed by atoms with van der Waals surface area (Å²) in [5.41, 5.74) is 5.03. The average molecular weight is 427 g/mol. The summed E-state index contributed by atoms with van der Waals surface area (Å²) in [7, 11) is 1.14. The molecule has 0 saturated carbocycles. The van der Waals surface area contributed by atoms with E-state index in [1.54, 1.807) is 19.2 Å². The van der Waals surface area contributed by atoms with Crippen LogP contribution in [-0.4, -0.2) is 38.9 Å². The number of aromatic nitrogens is 1. The summed E-state index contributed by atoms with van der Waals surface area (Å²) in [4.78, 5) is 4.72. The Morgan fingerprint density at radius 3 is 2.67 bits per heavy atom. The maximum absolute atomic E-state index is 12.0. The van der Waals surface area contributed by atoms with Crippen molar-refractivity contribution in [1.29, 1.82) is 0 Å². The molecule has 0 fully saturated rings. The molecule has 0 bridgehead atoms. The Morgan fingerprint density at radius 2 is 1.93 bits per heavy atom. The van der Waals surface area contributed by atoms with Crippen LogP contribution in [0.15, 0.2) is 42.5 Å². The summed E-state index contributed by atoms with van der Waals surface area (Å²) in [5.74, 6) is 1.70. The molecule has 1 aromatic heterocycles. The number of rotatable bonds is 6. The fraction of sp³-hybridized carbons (Fsp3) is 0.318. The van der Waals surface area contributed by atoms with E-state index in [1.807, 2.05) is 18.2 Å². The van der Waals surface area contributed by atoms with Crippen LogP contribution in [0.4, 0.5) is 11.5 Å². The summed E-state index contributed by atoms with van der Waals surface area (Å²) in [6.07, 6.45) is 1.99. The van der Waals surface area contributed by atoms with E-state index in [4.69, 9.17) is 9.72 Å². The van der Waals surface area contributed by atoms with Gasteiger partial charge in [0.2, 0.25) is 0 Å². The minimum Gasteiger partial charge on any atom is -0.496 e. The molecule has 1 aliphatic carbocycles. The largest absolute Gasteiger partial charge is 0.496 e. The number of nitrogens with zero attached hydrogens (tertiary/aromatic N) is 2. The van der Waals surface area contributed by atoms with E-state index >= 15 is 0 Å². The molecule has 0 radical (unpaired) electrons. The van der Waals surface area contributed by atoms with Crippen LogP contribution < -0.4 is 14.8 Å². The number of fused-ring (bicyclic) bond motifs is 2. The predicted molar refractivity (Wildman–Crippen MR) is 120 cm³/mol. The standard InChI is InChI=1S/C22H26N4O3S/c1-14-11-16-5-8-19(22(16)20(12-14)29-4)24-21-10-6-15-13-17(7-9-18(15)23-21)25-30(27,28)26(2)3/h6-7,9-13,19,25H,5,8H2,1-4H3,(H,23,24). The molecule has 1 heterocycles. The van der Waals surface area contributed by atoms with Gasteiger partial charge in [-0.1, -0.05) is 6.07 Å². The number of hydrogen-bond acceptors (Lipinski definition) is 5. The molecule has 1 atom stereocenters. The van der Waals surface area contributed by atoms with Gasteiger partial charge < -0.3 is 10.1 Å². The minimum absolute atomic E-state index is 0.145. The highest BCUT2D eigenvalue weighted by molar-refractivity contribution is 7.90. The molecule has 0 spiro atoms. The first-order valence-corrected chi connectivity index (χ1v) is 11.3. The Balaban J connectivity index is 1.58. The highest BCUT2D eigenvalue weighted by atomic mass is 32.2. The van der Waals surface area contributed by atoms with Crippen LogP contribution in [0.1, 0.15) is 29.2 Å². The van der Waals surface area contributed by atoms with Gasteiger partial charge in [0.05, 0.1) is 24.4 Å². The molecular formula is C22H26N4O3S. The molecule has 2 aromatic carbocycles. The molecule has 8 heteroatoms. The highest BCUT2D eigenvalue weighted by Gasteiger charge is 2.27. The number of hydrogen-bond donors (Lipinski definition) is 2. The number of pyridine rings is 1. The summed E-state index contributed by atoms with van der Waals surface area (Å²) in [5, 5.41) is 4.40. The van der Waals surface area contributed by atoms with E-state index in [0.29, 0.717) is 5.69 Å². The van der Waals surface area contributed by atoms with E-state index in [1.165, 1.54) is 30.8 Å². The zero-order chi connectivity index (χ0) is 21.5. The second-order valence-electron chi connectivity index (χ2n) is 7.77. The third-order valence-electron chi connectivity index (χ3n) is 5.38. The first-order valence-electron chi connectivity index (χ1n) is 9.82. The summed E-state index contributed by atoms with van der Waals surface area (Å²) in [6, 6.07) is 13.6. The zero-order valence-corrected chi connectivity index (χ0v) is 18.4. The number of nitrogens with one attached hydrogen (secondary N) is 2. The lowest BCUT2D eigenvalue weighted by molar-refractivity contribution is 0.407. The van der Waals surface area contributed by atoms with Gasteiger partial charge in [0, 0.05) is 25.0 Å². The molecule has 3 aromatic rings. The van der Waals surface area contributed by atoms with E-state index in [2.05, 4.69) is 29.1 Å². The Morgan fingerprint density at radius 1 is 1.13 bits per heavy atom. The first kappa shape index (κ1) is 20.4. The number of methoxy groups -OCH3 is 1. The van der Waals surface area contributed by atoms with Crippen molar-refractivity contribution in [3.8, 4) is 5.75 Å². The van der Waals surface area contributed by atoms with E-state index < -0.39 is 10.2 Å². The number of ether oxygens (including phenoxy) is 1. The van der Waals surface area contributed by atoms with Crippen molar-refractivity contribution in [3.63, 3.8) is 0 Å². The van der Waals surface area contributed by atoms with Crippen LogP contribution in [0.3, 0.4) is 0 Å². The predicted octanol–water partition coefficient (Wildman–Crippen LogP) is 3.87. The third kappa shape index (κ3) is 3.93. The second-order valence-corrected chi connectivity index (χ2v) is 9.65. The third-order valence-corrected chi connectivity index (χ3v) is 6.84. The minimum atomic E-state index is -3.54. The van der Waals surface area contributed by atoms with E-state index in [0.717, 1.165) is 39.6 Å². The Bertz CT molecular complexity index is 1210. The van der Waals surface area contributed by atoms with Crippen molar-refractivity contribution >= 4 is 32.6 Å². The van der Waals surface area contributed by atoms with E-state index in [9.17, 15) is 8.42 Å². The highest BCUT2D eigenvalue weighted by Crippen LogP contribution is 2.40. The molecule has 0 amide bonds. The monoisotopic (exact) mass is 426 g/mol. The van der Waals surface area contributed by atoms with Crippen LogP contribution in [0.25, 0.3) is 10.9 Å². The van der Waals surface area contributed by atoms with E-state index in [-0.39, 0.29) is 6.04 Å². The van der Waals surface area contributed by atoms with Crippen molar-refractivity contribution in [2.75, 3.05) is 31.2 Å². The van der Waals surface area contributed by atoms with Crippen molar-refractivity contribution in [3.05, 3.63) is 59.2 Å². The van der Waals surface area contributed by atoms with Gasteiger partial charge in [-0.25, -0.2) is 4.98 Å². The van der Waals surface area contributed by atoms with Crippen molar-refractivity contribution in [2.45, 2.75) is 25.8 Å². The fourth-order valence-electron chi connectivity index (χ4n) is 3.88. The summed E-state index contributed by atoms with van der Waals surface area (Å²) in [6.45, 7) is 2.08. The smallest absolute Gasteiger partial charge is 0.301 e. The van der Waals surface area contributed by atoms with Gasteiger partial charge in [-0.3, -0.25) is 4.72 Å². The van der Waals surface area contributed by atoms with Crippen molar-refractivity contribution < 1.29 is 13.2 Å². The maximum atomic E-state index is 12.0. The van der Waals surface area contributed by atoms with Crippen LogP contribution in [0.2, 0.25) is 0 Å². The van der Waals surface area contributed by atoms with Gasteiger partial charge >= 0.3 is 10.2 Å². The van der Waals surface area contributed by atoms with Gasteiger partial charge in [-0.2, -0.15) is 12.7 Å². The molecule has 0 aliphatic heterocycles. The Hall–Kier alpha value is -2.84. The first-order chi connectivity index (χ1) is 14.3. The molecule has 1 aliphatic rings. The van der Waals surface area contributed by atoms with Crippen LogP contribution in [0.5, 0.6) is 5.75 Å². The fourth-order valence-corrected chi connectivity index (χ4v) is 4.49. The van der Waals surface area contributed by atoms with Crippen LogP contribution >= 0.6 is 0 Å². The number of anilines is 2. The lowest BCUT2D eigenvalue weighted by atomic mass is 10.0. The Labute approximate surface area is 177 Å². The molecule has 30 heavy (non-hydrogen) atoms. The Kier molecular flexibility index (Phi) is 5.29. The van der Waals surface area contributed by atoms with Gasteiger partial charge in [0.15, 0.2) is 0 Å². The molecule has 2 N–H and O–H groups in total. The molecule has 7 nitrogen and oxygen atoms in total. The molecular weight excluding hydrogens is 400 g/mol. The SMILES string of the molecule is COc1cc(C)cc2c1C(Nc1ccc3cc(NS(=O)(=O)N(C)C)ccc3n1)CC2. The average Bonchev–Trinajstić information content (AvgIpc) is 3.09. The maximum Gasteiger partial charge on any atom is 0.301 e. The second kappa shape index (κ2) is 7.77. The molecule has 1 unspecified atom stereocenters. The number of aryl methyl sites for hydroxylation is 2. The van der Waals surface area contributed by atoms with Gasteiger partial charge in [0.1, 0.15) is 11.6 Å². The summed E-state index contributed by atoms with van der Waals surface area (Å²) >= 11 is 0. The lowest BCUT2D eigenvalue weighted by Gasteiger charge is -2.18. The van der Waals surface area contributed by atoms with Gasteiger partial charge in [-0.15, -0.1) is 0 Å². The molecule has 0 saturated heterocycles. The van der Waals surface area contributed by atoms with Crippen molar-refractivity contribution in [2.24, 2.45) is 0 Å². The molecule has 4 rings (SSSR count). The van der Waals surface area contributed by atoms with Gasteiger partial charge in [0.25, 0.3) is 0 Å². The number of benzene rings is 2. The quantitative estimate of drug-likeness (QED) is 0.625. The normalized spacial score (nSPS) is 16.0.